The second-order valence-corrected chi connectivity index (χ2v) is 6.63. The lowest BCUT2D eigenvalue weighted by Crippen LogP contribution is -2.13. The van der Waals surface area contributed by atoms with E-state index in [1.165, 1.54) is 11.8 Å². The van der Waals surface area contributed by atoms with E-state index in [0.717, 1.165) is 20.6 Å². The summed E-state index contributed by atoms with van der Waals surface area (Å²) in [6.07, 6.45) is 0. The van der Waals surface area contributed by atoms with Gasteiger partial charge in [0.25, 0.3) is 0 Å². The van der Waals surface area contributed by atoms with Crippen LogP contribution in [0.3, 0.4) is 0 Å². The summed E-state index contributed by atoms with van der Waals surface area (Å²) in [6.45, 7) is 0.654. The number of primary amides is 1. The van der Waals surface area contributed by atoms with E-state index in [4.69, 9.17) is 17.3 Å². The molecule has 0 bridgehead atoms. The summed E-state index contributed by atoms with van der Waals surface area (Å²) in [4.78, 5) is 11.9. The van der Waals surface area contributed by atoms with Crippen LogP contribution < -0.4 is 11.1 Å². The first-order chi connectivity index (χ1) is 10.1. The van der Waals surface area contributed by atoms with Crippen molar-refractivity contribution in [2.45, 2.75) is 11.4 Å². The molecular weight excluding hydrogens is 372 g/mol. The van der Waals surface area contributed by atoms with Crippen molar-refractivity contribution < 1.29 is 4.79 Å². The topological polar surface area (TPSA) is 55.1 Å². The number of nitrogens with two attached hydrogens (primary N) is 1. The number of anilines is 1. The third-order valence-corrected chi connectivity index (χ3v) is 5.05. The number of carbonyl (C=O) groups is 1. The number of para-hydroxylation sites is 1. The van der Waals surface area contributed by atoms with Gasteiger partial charge < -0.3 is 11.1 Å². The van der Waals surface area contributed by atoms with E-state index in [2.05, 4.69) is 21.2 Å². The highest BCUT2D eigenvalue weighted by atomic mass is 79.9. The molecule has 0 radical (unpaired) electrons. The third kappa shape index (κ3) is 4.95. The maximum atomic E-state index is 10.9. The molecule has 0 spiro atoms. The van der Waals surface area contributed by atoms with Crippen LogP contribution in [0.1, 0.15) is 5.56 Å². The fourth-order valence-corrected chi connectivity index (χ4v) is 2.95. The molecule has 1 amide bonds. The lowest BCUT2D eigenvalue weighted by atomic mass is 10.2. The highest BCUT2D eigenvalue weighted by Gasteiger charge is 2.05. The molecule has 0 aromatic heterocycles. The molecule has 0 unspecified atom stereocenters. The molecule has 0 aliphatic rings. The highest BCUT2D eigenvalue weighted by molar-refractivity contribution is 9.10. The Bertz CT molecular complexity index is 651. The molecular formula is C15H14BrClN2OS. The molecule has 0 atom stereocenters. The Morgan fingerprint density at radius 1 is 1.29 bits per heavy atom. The predicted molar refractivity (Wildman–Crippen MR) is 92.8 cm³/mol. The van der Waals surface area contributed by atoms with E-state index in [1.807, 2.05) is 42.5 Å². The summed E-state index contributed by atoms with van der Waals surface area (Å²) >= 11 is 10.9. The zero-order valence-electron chi connectivity index (χ0n) is 11.1. The molecule has 3 N–H and O–H groups in total. The normalized spacial score (nSPS) is 10.4. The number of halogens is 2. The summed E-state index contributed by atoms with van der Waals surface area (Å²) < 4.78 is 0.880. The average Bonchev–Trinajstić information content (AvgIpc) is 2.47. The van der Waals surface area contributed by atoms with Gasteiger partial charge in [0, 0.05) is 21.6 Å². The van der Waals surface area contributed by atoms with Crippen molar-refractivity contribution in [3.63, 3.8) is 0 Å². The minimum Gasteiger partial charge on any atom is -0.380 e. The Morgan fingerprint density at radius 3 is 2.76 bits per heavy atom. The van der Waals surface area contributed by atoms with Gasteiger partial charge in [-0.3, -0.25) is 4.79 Å². The van der Waals surface area contributed by atoms with Gasteiger partial charge in [-0.15, -0.1) is 11.8 Å². The molecule has 2 rings (SSSR count). The Morgan fingerprint density at radius 2 is 2.05 bits per heavy atom. The van der Waals surface area contributed by atoms with E-state index in [0.29, 0.717) is 11.6 Å². The van der Waals surface area contributed by atoms with E-state index >= 15 is 0 Å². The summed E-state index contributed by atoms with van der Waals surface area (Å²) in [7, 11) is 0. The van der Waals surface area contributed by atoms with Gasteiger partial charge >= 0.3 is 0 Å². The summed E-state index contributed by atoms with van der Waals surface area (Å²) in [5.41, 5.74) is 7.24. The van der Waals surface area contributed by atoms with Crippen LogP contribution in [0.25, 0.3) is 0 Å². The van der Waals surface area contributed by atoms with E-state index in [1.54, 1.807) is 0 Å². The van der Waals surface area contributed by atoms with Crippen LogP contribution in [0.2, 0.25) is 5.02 Å². The Hall–Kier alpha value is -1.17. The van der Waals surface area contributed by atoms with Gasteiger partial charge in [-0.1, -0.05) is 29.8 Å². The van der Waals surface area contributed by atoms with Gasteiger partial charge in [-0.25, -0.2) is 0 Å². The van der Waals surface area contributed by atoms with Crippen molar-refractivity contribution in [3.05, 3.63) is 57.5 Å². The third-order valence-electron chi connectivity index (χ3n) is 2.72. The molecule has 21 heavy (non-hydrogen) atoms. The Labute approximate surface area is 141 Å². The molecule has 110 valence electrons. The molecule has 6 heteroatoms. The second-order valence-electron chi connectivity index (χ2n) is 4.35. The van der Waals surface area contributed by atoms with E-state index in [-0.39, 0.29) is 11.7 Å². The second kappa shape index (κ2) is 7.73. The van der Waals surface area contributed by atoms with Crippen LogP contribution in [-0.4, -0.2) is 11.7 Å². The summed E-state index contributed by atoms with van der Waals surface area (Å²) in [5.74, 6) is -0.0579. The number of rotatable bonds is 6. The first-order valence-electron chi connectivity index (χ1n) is 6.24. The lowest BCUT2D eigenvalue weighted by Gasteiger charge is -2.11. The van der Waals surface area contributed by atoms with Crippen LogP contribution >= 0.6 is 39.3 Å². The number of benzene rings is 2. The standard InChI is InChI=1S/C15H14BrClN2OS/c16-11-6-5-10(7-12(11)17)8-19-13-3-1-2-4-14(13)21-9-15(18)20/h1-7,19H,8-9H2,(H2,18,20). The largest absolute Gasteiger partial charge is 0.380 e. The van der Waals surface area contributed by atoms with Gasteiger partial charge in [0.05, 0.1) is 10.8 Å². The number of thioether (sulfide) groups is 1. The monoisotopic (exact) mass is 384 g/mol. The molecule has 0 saturated carbocycles. The maximum Gasteiger partial charge on any atom is 0.227 e. The quantitative estimate of drug-likeness (QED) is 0.729. The van der Waals surface area contributed by atoms with E-state index < -0.39 is 0 Å². The van der Waals surface area contributed by atoms with Crippen LogP contribution in [0.4, 0.5) is 5.69 Å². The number of carbonyl (C=O) groups excluding carboxylic acids is 1. The highest BCUT2D eigenvalue weighted by Crippen LogP contribution is 2.28. The Kier molecular flexibility index (Phi) is 5.96. The maximum absolute atomic E-state index is 10.9. The van der Waals surface area contributed by atoms with Crippen LogP contribution in [0.5, 0.6) is 0 Å². The van der Waals surface area contributed by atoms with Gasteiger partial charge in [-0.05, 0) is 45.8 Å². The molecule has 0 saturated heterocycles. The van der Waals surface area contributed by atoms with Gasteiger partial charge in [-0.2, -0.15) is 0 Å². The fourth-order valence-electron chi connectivity index (χ4n) is 1.73. The minimum atomic E-state index is -0.325. The van der Waals surface area contributed by atoms with Crippen LogP contribution in [0.15, 0.2) is 51.8 Å². The molecule has 0 aliphatic heterocycles. The summed E-state index contributed by atoms with van der Waals surface area (Å²) in [6, 6.07) is 13.7. The number of hydrogen-bond acceptors (Lipinski definition) is 3. The van der Waals surface area contributed by atoms with Crippen molar-refractivity contribution in [1.29, 1.82) is 0 Å². The molecule has 0 heterocycles. The predicted octanol–water partition coefficient (Wildman–Crippen LogP) is 4.29. The van der Waals surface area contributed by atoms with Crippen LogP contribution in [0, 0.1) is 0 Å². The van der Waals surface area contributed by atoms with Crippen LogP contribution in [-0.2, 0) is 11.3 Å². The molecule has 0 aliphatic carbocycles. The van der Waals surface area contributed by atoms with Gasteiger partial charge in [0.1, 0.15) is 0 Å². The first-order valence-corrected chi connectivity index (χ1v) is 8.40. The molecule has 2 aromatic rings. The SMILES string of the molecule is NC(=O)CSc1ccccc1NCc1ccc(Br)c(Cl)c1. The van der Waals surface area contributed by atoms with Crippen molar-refractivity contribution in [1.82, 2.24) is 0 Å². The molecule has 2 aromatic carbocycles. The lowest BCUT2D eigenvalue weighted by molar-refractivity contribution is -0.115. The van der Waals surface area contributed by atoms with E-state index in [9.17, 15) is 4.79 Å². The average molecular weight is 386 g/mol. The number of nitrogens with one attached hydrogen (secondary N) is 1. The smallest absolute Gasteiger partial charge is 0.227 e. The van der Waals surface area contributed by atoms with Gasteiger partial charge in [0.2, 0.25) is 5.91 Å². The van der Waals surface area contributed by atoms with Crippen molar-refractivity contribution in [3.8, 4) is 0 Å². The van der Waals surface area contributed by atoms with Crippen molar-refractivity contribution >= 4 is 50.9 Å². The first kappa shape index (κ1) is 16.2. The van der Waals surface area contributed by atoms with Crippen molar-refractivity contribution in [2.75, 3.05) is 11.1 Å². The zero-order chi connectivity index (χ0) is 15.2. The molecule has 0 fully saturated rings. The number of amides is 1. The zero-order valence-corrected chi connectivity index (χ0v) is 14.3. The van der Waals surface area contributed by atoms with Crippen molar-refractivity contribution in [2.24, 2.45) is 5.73 Å². The summed E-state index contributed by atoms with van der Waals surface area (Å²) in [5, 5.41) is 4.04. The van der Waals surface area contributed by atoms with Gasteiger partial charge in [0.15, 0.2) is 0 Å². The Balaban J connectivity index is 2.05. The molecule has 3 nitrogen and oxygen atoms in total. The number of hydrogen-bond donors (Lipinski definition) is 2. The minimum absolute atomic E-state index is 0.267. The fraction of sp³-hybridized carbons (Fsp3) is 0.133.